The lowest BCUT2D eigenvalue weighted by Gasteiger charge is -2.29. The summed E-state index contributed by atoms with van der Waals surface area (Å²) in [4.78, 5) is 61.5. The van der Waals surface area contributed by atoms with Gasteiger partial charge in [0.2, 0.25) is 11.8 Å². The largest absolute Gasteiger partial charge is 0.340 e. The van der Waals surface area contributed by atoms with Crippen LogP contribution in [0.15, 0.2) is 18.2 Å². The molecule has 1 aromatic carbocycles. The fourth-order valence-corrected chi connectivity index (χ4v) is 3.06. The number of piperidine rings is 1. The van der Waals surface area contributed by atoms with Gasteiger partial charge in [-0.05, 0) is 45.4 Å². The predicted molar refractivity (Wildman–Crippen MR) is 90.3 cm³/mol. The highest BCUT2D eigenvalue weighted by Crippen LogP contribution is 2.29. The van der Waals surface area contributed by atoms with Crippen LogP contribution in [0.4, 0.5) is 0 Å². The van der Waals surface area contributed by atoms with Crippen molar-refractivity contribution in [2.75, 3.05) is 0 Å². The van der Waals surface area contributed by atoms with Crippen LogP contribution in [0.1, 0.15) is 64.7 Å². The van der Waals surface area contributed by atoms with E-state index in [9.17, 15) is 24.0 Å². The van der Waals surface area contributed by atoms with Gasteiger partial charge in [0.1, 0.15) is 6.04 Å². The first-order valence-electron chi connectivity index (χ1n) is 8.27. The van der Waals surface area contributed by atoms with Gasteiger partial charge in [0.05, 0.1) is 11.1 Å². The van der Waals surface area contributed by atoms with Gasteiger partial charge in [-0.15, -0.1) is 0 Å². The highest BCUT2D eigenvalue weighted by Gasteiger charge is 2.42. The van der Waals surface area contributed by atoms with E-state index in [0.29, 0.717) is 0 Å². The van der Waals surface area contributed by atoms with E-state index in [2.05, 4.69) is 10.6 Å². The Morgan fingerprint density at radius 3 is 2.38 bits per heavy atom. The van der Waals surface area contributed by atoms with Crippen molar-refractivity contribution in [2.24, 2.45) is 0 Å². The fraction of sp³-hybridized carbons (Fsp3) is 0.389. The summed E-state index contributed by atoms with van der Waals surface area (Å²) in [5.41, 5.74) is -0.0869. The molecule has 8 nitrogen and oxygen atoms in total. The highest BCUT2D eigenvalue weighted by molar-refractivity contribution is 6.22. The second-order valence-electron chi connectivity index (χ2n) is 7.35. The van der Waals surface area contributed by atoms with Gasteiger partial charge in [0.15, 0.2) is 0 Å². The number of rotatable bonds is 2. The Hall–Kier alpha value is -3.03. The minimum atomic E-state index is -0.808. The molecule has 26 heavy (non-hydrogen) atoms. The van der Waals surface area contributed by atoms with Crippen LogP contribution in [0.25, 0.3) is 0 Å². The third-order valence-electron chi connectivity index (χ3n) is 4.36. The quantitative estimate of drug-likeness (QED) is 0.753. The molecule has 1 unspecified atom stereocenters. The predicted octanol–water partition coefficient (Wildman–Crippen LogP) is 0.616. The van der Waals surface area contributed by atoms with Gasteiger partial charge in [-0.3, -0.25) is 34.2 Å². The van der Waals surface area contributed by atoms with E-state index in [0.717, 1.165) is 0 Å². The van der Waals surface area contributed by atoms with Crippen LogP contribution in [0.3, 0.4) is 0 Å². The summed E-state index contributed by atoms with van der Waals surface area (Å²) in [6, 6.07) is 3.44. The Labute approximate surface area is 149 Å². The molecule has 2 N–H and O–H groups in total. The van der Waals surface area contributed by atoms with Crippen LogP contribution in [-0.4, -0.2) is 46.0 Å². The average molecular weight is 357 g/mol. The zero-order chi connectivity index (χ0) is 19.2. The van der Waals surface area contributed by atoms with E-state index in [1.54, 1.807) is 20.8 Å². The highest BCUT2D eigenvalue weighted by atomic mass is 16.2. The van der Waals surface area contributed by atoms with E-state index in [1.165, 1.54) is 23.1 Å². The number of nitrogens with one attached hydrogen (secondary N) is 2. The van der Waals surface area contributed by atoms with Crippen molar-refractivity contribution >= 4 is 29.5 Å². The summed E-state index contributed by atoms with van der Waals surface area (Å²) < 4.78 is 0. The Balaban J connectivity index is 1.82. The number of carbonyl (C=O) groups excluding carboxylic acids is 5. The lowest BCUT2D eigenvalue weighted by molar-refractivity contribution is -0.134. The van der Waals surface area contributed by atoms with Crippen molar-refractivity contribution in [3.63, 3.8) is 0 Å². The van der Waals surface area contributed by atoms with Crippen LogP contribution in [0, 0.1) is 0 Å². The summed E-state index contributed by atoms with van der Waals surface area (Å²) >= 11 is 0. The fourth-order valence-electron chi connectivity index (χ4n) is 3.06. The summed E-state index contributed by atoms with van der Waals surface area (Å²) in [5.74, 6) is -2.31. The maximum absolute atomic E-state index is 12.6. The van der Waals surface area contributed by atoms with Crippen molar-refractivity contribution in [3.05, 3.63) is 34.9 Å². The number of imide groups is 2. The number of fused-ring (bicyclic) bond motifs is 1. The Morgan fingerprint density at radius 1 is 1.12 bits per heavy atom. The molecular formula is C18H19N3O5. The smallest absolute Gasteiger partial charge is 0.262 e. The number of nitrogens with zero attached hydrogens (tertiary/aromatic N) is 1. The first kappa shape index (κ1) is 17.8. The van der Waals surface area contributed by atoms with Gasteiger partial charge in [-0.2, -0.15) is 0 Å². The molecule has 0 saturated carbocycles. The van der Waals surface area contributed by atoms with Gasteiger partial charge in [-0.1, -0.05) is 0 Å². The Morgan fingerprint density at radius 2 is 1.77 bits per heavy atom. The number of hydrogen-bond donors (Lipinski definition) is 2. The summed E-state index contributed by atoms with van der Waals surface area (Å²) in [7, 11) is 0. The SMILES string of the molecule is CC(C)(C)N1C(=O)c2ccc(C(=O)NC3CCC(=O)NC3=O)cc2C1=O. The van der Waals surface area contributed by atoms with Gasteiger partial charge >= 0.3 is 0 Å². The topological polar surface area (TPSA) is 113 Å². The van der Waals surface area contributed by atoms with Crippen LogP contribution >= 0.6 is 0 Å². The standard InChI is InChI=1S/C18H19N3O5/c1-18(2,3)21-16(25)10-5-4-9(8-11(10)17(21)26)14(23)19-12-6-7-13(22)20-15(12)24/h4-5,8,12H,6-7H2,1-3H3,(H,19,23)(H,20,22,24). The normalized spacial score (nSPS) is 20.1. The molecule has 0 aromatic heterocycles. The number of amides is 5. The molecule has 136 valence electrons. The van der Waals surface area contributed by atoms with E-state index in [1.807, 2.05) is 0 Å². The van der Waals surface area contributed by atoms with Gasteiger partial charge in [-0.25, -0.2) is 0 Å². The molecule has 1 atom stereocenters. The Kier molecular flexibility index (Phi) is 4.14. The summed E-state index contributed by atoms with van der Waals surface area (Å²) in [6.45, 7) is 5.27. The second kappa shape index (κ2) is 6.05. The molecule has 0 spiro atoms. The molecular weight excluding hydrogens is 338 g/mol. The maximum Gasteiger partial charge on any atom is 0.262 e. The number of benzene rings is 1. The molecule has 8 heteroatoms. The molecule has 1 fully saturated rings. The minimum Gasteiger partial charge on any atom is -0.340 e. The van der Waals surface area contributed by atoms with Crippen LogP contribution in [0.2, 0.25) is 0 Å². The van der Waals surface area contributed by atoms with E-state index in [-0.39, 0.29) is 35.4 Å². The molecule has 0 bridgehead atoms. The molecule has 2 aliphatic rings. The molecule has 5 amide bonds. The van der Waals surface area contributed by atoms with Crippen LogP contribution in [-0.2, 0) is 9.59 Å². The lowest BCUT2D eigenvalue weighted by Crippen LogP contribution is -2.52. The lowest BCUT2D eigenvalue weighted by atomic mass is 10.0. The third kappa shape index (κ3) is 2.98. The van der Waals surface area contributed by atoms with Crippen molar-refractivity contribution < 1.29 is 24.0 Å². The third-order valence-corrected chi connectivity index (χ3v) is 4.36. The van der Waals surface area contributed by atoms with Gasteiger partial charge in [0.25, 0.3) is 17.7 Å². The van der Waals surface area contributed by atoms with Crippen LogP contribution in [0.5, 0.6) is 0 Å². The maximum atomic E-state index is 12.6. The van der Waals surface area contributed by atoms with Crippen LogP contribution < -0.4 is 10.6 Å². The first-order valence-corrected chi connectivity index (χ1v) is 8.27. The average Bonchev–Trinajstić information content (AvgIpc) is 2.80. The minimum absolute atomic E-state index is 0.147. The second-order valence-corrected chi connectivity index (χ2v) is 7.35. The molecule has 3 rings (SSSR count). The van der Waals surface area contributed by atoms with Crippen molar-refractivity contribution in [2.45, 2.75) is 45.2 Å². The van der Waals surface area contributed by atoms with Crippen molar-refractivity contribution in [1.82, 2.24) is 15.5 Å². The Bertz CT molecular complexity index is 853. The molecule has 0 radical (unpaired) electrons. The monoisotopic (exact) mass is 357 g/mol. The van der Waals surface area contributed by atoms with Crippen molar-refractivity contribution in [1.29, 1.82) is 0 Å². The van der Waals surface area contributed by atoms with E-state index < -0.39 is 35.2 Å². The molecule has 1 aromatic rings. The van der Waals surface area contributed by atoms with Gasteiger partial charge in [0, 0.05) is 17.5 Å². The zero-order valence-electron chi connectivity index (χ0n) is 14.7. The molecule has 2 heterocycles. The summed E-state index contributed by atoms with van der Waals surface area (Å²) in [5, 5.41) is 4.72. The first-order chi connectivity index (χ1) is 12.1. The van der Waals surface area contributed by atoms with Gasteiger partial charge < -0.3 is 5.32 Å². The van der Waals surface area contributed by atoms with E-state index in [4.69, 9.17) is 0 Å². The summed E-state index contributed by atoms with van der Waals surface area (Å²) in [6.07, 6.45) is 0.366. The van der Waals surface area contributed by atoms with Crippen molar-refractivity contribution in [3.8, 4) is 0 Å². The zero-order valence-corrected chi connectivity index (χ0v) is 14.7. The molecule has 0 aliphatic carbocycles. The number of hydrogen-bond acceptors (Lipinski definition) is 5. The molecule has 1 saturated heterocycles. The van der Waals surface area contributed by atoms with E-state index >= 15 is 0 Å². The molecule has 2 aliphatic heterocycles. The number of carbonyl (C=O) groups is 5.